The molecule has 1 aromatic heterocycles. The second-order valence-electron chi connectivity index (χ2n) is 2.50. The standard InChI is InChI=1S/C7H11ClN4O/c1-9-6(13)4-10-5-3-11-12(2)7(5)8/h3,10H,4H2,1-2H3,(H,9,13). The van der Waals surface area contributed by atoms with Gasteiger partial charge in [0.05, 0.1) is 18.4 Å². The maximum atomic E-state index is 10.9. The van der Waals surface area contributed by atoms with Crippen LogP contribution in [0.4, 0.5) is 5.69 Å². The highest BCUT2D eigenvalue weighted by molar-refractivity contribution is 6.32. The van der Waals surface area contributed by atoms with Crippen molar-refractivity contribution >= 4 is 23.2 Å². The molecule has 0 saturated carbocycles. The van der Waals surface area contributed by atoms with Gasteiger partial charge in [0.25, 0.3) is 0 Å². The van der Waals surface area contributed by atoms with Gasteiger partial charge < -0.3 is 10.6 Å². The Morgan fingerprint density at radius 3 is 2.92 bits per heavy atom. The zero-order valence-corrected chi connectivity index (χ0v) is 8.22. The monoisotopic (exact) mass is 202 g/mol. The van der Waals surface area contributed by atoms with Crippen molar-refractivity contribution in [3.63, 3.8) is 0 Å². The van der Waals surface area contributed by atoms with Gasteiger partial charge in [-0.25, -0.2) is 0 Å². The Morgan fingerprint density at radius 1 is 1.77 bits per heavy atom. The molecule has 5 nitrogen and oxygen atoms in total. The van der Waals surface area contributed by atoms with Crippen LogP contribution >= 0.6 is 11.6 Å². The summed E-state index contributed by atoms with van der Waals surface area (Å²) in [7, 11) is 3.31. The second kappa shape index (κ2) is 4.13. The van der Waals surface area contributed by atoms with Crippen molar-refractivity contribution in [2.45, 2.75) is 0 Å². The molecular formula is C7H11ClN4O. The minimum Gasteiger partial charge on any atom is -0.372 e. The molecule has 1 rings (SSSR count). The van der Waals surface area contributed by atoms with Crippen molar-refractivity contribution in [1.29, 1.82) is 0 Å². The van der Waals surface area contributed by atoms with Crippen LogP contribution in [0.2, 0.25) is 5.15 Å². The van der Waals surface area contributed by atoms with Crippen molar-refractivity contribution in [2.24, 2.45) is 7.05 Å². The van der Waals surface area contributed by atoms with Gasteiger partial charge in [0.2, 0.25) is 5.91 Å². The van der Waals surface area contributed by atoms with E-state index in [1.54, 1.807) is 20.3 Å². The number of anilines is 1. The quantitative estimate of drug-likeness (QED) is 0.738. The van der Waals surface area contributed by atoms with E-state index in [0.29, 0.717) is 10.8 Å². The lowest BCUT2D eigenvalue weighted by atomic mass is 10.5. The summed E-state index contributed by atoms with van der Waals surface area (Å²) in [5.74, 6) is -0.0973. The molecule has 1 heterocycles. The maximum absolute atomic E-state index is 10.9. The Kier molecular flexibility index (Phi) is 3.13. The number of nitrogens with zero attached hydrogens (tertiary/aromatic N) is 2. The average molecular weight is 203 g/mol. The fraction of sp³-hybridized carbons (Fsp3) is 0.429. The topological polar surface area (TPSA) is 59.0 Å². The van der Waals surface area contributed by atoms with E-state index < -0.39 is 0 Å². The van der Waals surface area contributed by atoms with E-state index in [1.165, 1.54) is 4.68 Å². The fourth-order valence-electron chi connectivity index (χ4n) is 0.805. The van der Waals surface area contributed by atoms with E-state index in [1.807, 2.05) is 0 Å². The predicted molar refractivity (Wildman–Crippen MR) is 50.8 cm³/mol. The first-order valence-electron chi connectivity index (χ1n) is 3.77. The molecule has 13 heavy (non-hydrogen) atoms. The number of amides is 1. The van der Waals surface area contributed by atoms with Crippen LogP contribution < -0.4 is 10.6 Å². The van der Waals surface area contributed by atoms with Crippen LogP contribution in [0.25, 0.3) is 0 Å². The zero-order valence-electron chi connectivity index (χ0n) is 7.47. The van der Waals surface area contributed by atoms with Gasteiger partial charge in [-0.2, -0.15) is 5.10 Å². The Labute approximate surface area is 81.1 Å². The molecule has 0 radical (unpaired) electrons. The molecule has 0 aliphatic heterocycles. The summed E-state index contributed by atoms with van der Waals surface area (Å²) in [6, 6.07) is 0. The number of rotatable bonds is 3. The molecule has 1 aromatic rings. The van der Waals surface area contributed by atoms with Crippen molar-refractivity contribution in [3.05, 3.63) is 11.3 Å². The molecular weight excluding hydrogens is 192 g/mol. The third kappa shape index (κ3) is 2.35. The molecule has 0 aliphatic carbocycles. The van der Waals surface area contributed by atoms with Crippen LogP contribution in [-0.4, -0.2) is 29.3 Å². The summed E-state index contributed by atoms with van der Waals surface area (Å²) in [4.78, 5) is 10.9. The maximum Gasteiger partial charge on any atom is 0.239 e. The number of nitrogens with one attached hydrogen (secondary N) is 2. The van der Waals surface area contributed by atoms with E-state index >= 15 is 0 Å². The van der Waals surface area contributed by atoms with E-state index in [2.05, 4.69) is 15.7 Å². The summed E-state index contributed by atoms with van der Waals surface area (Å²) in [6.07, 6.45) is 1.57. The van der Waals surface area contributed by atoms with E-state index in [0.717, 1.165) is 0 Å². The number of likely N-dealkylation sites (N-methyl/N-ethyl adjacent to an activating group) is 1. The summed E-state index contributed by atoms with van der Waals surface area (Å²) in [6.45, 7) is 0.196. The van der Waals surface area contributed by atoms with Gasteiger partial charge in [-0.05, 0) is 0 Å². The number of halogens is 1. The Morgan fingerprint density at radius 2 is 2.46 bits per heavy atom. The normalized spacial score (nSPS) is 9.77. The van der Waals surface area contributed by atoms with Gasteiger partial charge in [0, 0.05) is 14.1 Å². The first-order valence-corrected chi connectivity index (χ1v) is 4.15. The molecule has 0 bridgehead atoms. The molecule has 0 aromatic carbocycles. The van der Waals surface area contributed by atoms with Gasteiger partial charge in [-0.15, -0.1) is 0 Å². The van der Waals surface area contributed by atoms with Gasteiger partial charge in [0.1, 0.15) is 5.15 Å². The highest BCUT2D eigenvalue weighted by Crippen LogP contribution is 2.18. The van der Waals surface area contributed by atoms with Crippen LogP contribution in [0.3, 0.4) is 0 Å². The summed E-state index contributed by atoms with van der Waals surface area (Å²) < 4.78 is 1.52. The number of hydrogen-bond acceptors (Lipinski definition) is 3. The van der Waals surface area contributed by atoms with Crippen molar-refractivity contribution in [1.82, 2.24) is 15.1 Å². The second-order valence-corrected chi connectivity index (χ2v) is 2.86. The molecule has 0 atom stereocenters. The third-order valence-electron chi connectivity index (χ3n) is 1.58. The first kappa shape index (κ1) is 9.85. The van der Waals surface area contributed by atoms with Gasteiger partial charge in [0.15, 0.2) is 0 Å². The van der Waals surface area contributed by atoms with Crippen LogP contribution in [0, 0.1) is 0 Å². The number of hydrogen-bond donors (Lipinski definition) is 2. The highest BCUT2D eigenvalue weighted by Gasteiger charge is 2.05. The molecule has 0 unspecified atom stereocenters. The number of carbonyl (C=O) groups excluding carboxylic acids is 1. The summed E-state index contributed by atoms with van der Waals surface area (Å²) >= 11 is 5.84. The molecule has 0 spiro atoms. The van der Waals surface area contributed by atoms with E-state index in [4.69, 9.17) is 11.6 Å². The molecule has 2 N–H and O–H groups in total. The summed E-state index contributed by atoms with van der Waals surface area (Å²) in [5.41, 5.74) is 0.660. The predicted octanol–water partition coefficient (Wildman–Crippen LogP) is 0.231. The lowest BCUT2D eigenvalue weighted by Gasteiger charge is -2.02. The van der Waals surface area contributed by atoms with Crippen LogP contribution in [0.1, 0.15) is 0 Å². The summed E-state index contributed by atoms with van der Waals surface area (Å²) in [5, 5.41) is 9.75. The van der Waals surface area contributed by atoms with Gasteiger partial charge in [-0.1, -0.05) is 11.6 Å². The van der Waals surface area contributed by atoms with Crippen molar-refractivity contribution in [3.8, 4) is 0 Å². The van der Waals surface area contributed by atoms with Gasteiger partial charge >= 0.3 is 0 Å². The first-order chi connectivity index (χ1) is 6.15. The fourth-order valence-corrected chi connectivity index (χ4v) is 0.964. The molecule has 72 valence electrons. The van der Waals surface area contributed by atoms with Gasteiger partial charge in [-0.3, -0.25) is 9.48 Å². The third-order valence-corrected chi connectivity index (χ3v) is 2.03. The van der Waals surface area contributed by atoms with E-state index in [9.17, 15) is 4.79 Å². The van der Waals surface area contributed by atoms with Crippen LogP contribution in [0.5, 0.6) is 0 Å². The lowest BCUT2D eigenvalue weighted by molar-refractivity contribution is -0.118. The SMILES string of the molecule is CNC(=O)CNc1cnn(C)c1Cl. The Balaban J connectivity index is 2.55. The zero-order chi connectivity index (χ0) is 9.84. The van der Waals surface area contributed by atoms with Crippen molar-refractivity contribution in [2.75, 3.05) is 18.9 Å². The highest BCUT2D eigenvalue weighted by atomic mass is 35.5. The number of aryl methyl sites for hydroxylation is 1. The lowest BCUT2D eigenvalue weighted by Crippen LogP contribution is -2.26. The number of carbonyl (C=O) groups is 1. The van der Waals surface area contributed by atoms with Crippen molar-refractivity contribution < 1.29 is 4.79 Å². The minimum absolute atomic E-state index is 0.0973. The number of aromatic nitrogens is 2. The molecule has 0 saturated heterocycles. The minimum atomic E-state index is -0.0973. The van der Waals surface area contributed by atoms with Crippen LogP contribution in [0.15, 0.2) is 6.20 Å². The Bertz CT molecular complexity index is 309. The average Bonchev–Trinajstić information content (AvgIpc) is 2.44. The van der Waals surface area contributed by atoms with Crippen LogP contribution in [-0.2, 0) is 11.8 Å². The largest absolute Gasteiger partial charge is 0.372 e. The molecule has 1 amide bonds. The molecule has 6 heteroatoms. The molecule has 0 aliphatic rings. The van der Waals surface area contributed by atoms with E-state index in [-0.39, 0.29) is 12.5 Å². The molecule has 0 fully saturated rings. The smallest absolute Gasteiger partial charge is 0.239 e. The Hall–Kier alpha value is -1.23.